The summed E-state index contributed by atoms with van der Waals surface area (Å²) in [5, 5.41) is 0.542. The zero-order valence-electron chi connectivity index (χ0n) is 16.7. The SMILES string of the molecule is O=C(c1cc(S(=O)(=O)N2CCOCC2)ccc1F)N1CCN(c2ccc(Cl)cn2)CC1. The Morgan fingerprint density at radius 3 is 2.39 bits per heavy atom. The maximum Gasteiger partial charge on any atom is 0.256 e. The summed E-state index contributed by atoms with van der Waals surface area (Å²) >= 11 is 5.87. The maximum absolute atomic E-state index is 14.5. The number of carbonyl (C=O) groups excluding carboxylic acids is 1. The van der Waals surface area contributed by atoms with Crippen molar-refractivity contribution in [1.82, 2.24) is 14.2 Å². The standard InChI is InChI=1S/C20H22ClFN4O4S/c21-15-1-4-19(23-14-15)24-5-7-25(8-6-24)20(27)17-13-16(2-3-18(17)22)31(28,29)26-9-11-30-12-10-26/h1-4,13-14H,5-12H2. The third kappa shape index (κ3) is 4.67. The molecule has 2 aromatic rings. The van der Waals surface area contributed by atoms with Gasteiger partial charge in [-0.05, 0) is 30.3 Å². The summed E-state index contributed by atoms with van der Waals surface area (Å²) in [6, 6.07) is 6.92. The van der Waals surface area contributed by atoms with E-state index in [1.807, 2.05) is 4.90 Å². The van der Waals surface area contributed by atoms with Crippen LogP contribution in [0.4, 0.5) is 10.2 Å². The minimum Gasteiger partial charge on any atom is -0.379 e. The van der Waals surface area contributed by atoms with E-state index in [-0.39, 0.29) is 23.5 Å². The quantitative estimate of drug-likeness (QED) is 0.681. The molecule has 1 aromatic carbocycles. The molecule has 0 saturated carbocycles. The molecule has 0 spiro atoms. The number of rotatable bonds is 4. The van der Waals surface area contributed by atoms with Crippen LogP contribution in [0.2, 0.25) is 5.02 Å². The van der Waals surface area contributed by atoms with E-state index in [0.29, 0.717) is 44.4 Å². The lowest BCUT2D eigenvalue weighted by Gasteiger charge is -2.35. The van der Waals surface area contributed by atoms with Crippen molar-refractivity contribution in [3.05, 3.63) is 52.9 Å². The van der Waals surface area contributed by atoms with Gasteiger partial charge in [-0.15, -0.1) is 0 Å². The second-order valence-corrected chi connectivity index (χ2v) is 9.65. The molecule has 1 amide bonds. The van der Waals surface area contributed by atoms with Gasteiger partial charge in [-0.2, -0.15) is 4.31 Å². The number of nitrogens with zero attached hydrogens (tertiary/aromatic N) is 4. The number of halogens is 2. The number of anilines is 1. The van der Waals surface area contributed by atoms with Gasteiger partial charge in [-0.1, -0.05) is 11.6 Å². The van der Waals surface area contributed by atoms with Crippen LogP contribution in [0.5, 0.6) is 0 Å². The fourth-order valence-corrected chi connectivity index (χ4v) is 5.18. The molecule has 3 heterocycles. The van der Waals surface area contributed by atoms with Crippen LogP contribution in [-0.2, 0) is 14.8 Å². The van der Waals surface area contributed by atoms with Crippen LogP contribution >= 0.6 is 11.6 Å². The maximum atomic E-state index is 14.5. The van der Waals surface area contributed by atoms with E-state index in [9.17, 15) is 17.6 Å². The second kappa shape index (κ2) is 9.07. The topological polar surface area (TPSA) is 83.0 Å². The van der Waals surface area contributed by atoms with Crippen LogP contribution in [0, 0.1) is 5.82 Å². The molecule has 4 rings (SSSR count). The largest absolute Gasteiger partial charge is 0.379 e. The molecule has 166 valence electrons. The summed E-state index contributed by atoms with van der Waals surface area (Å²) in [6.45, 7) is 2.83. The highest BCUT2D eigenvalue weighted by atomic mass is 35.5. The molecule has 0 bridgehead atoms. The molecule has 2 fully saturated rings. The molecule has 0 radical (unpaired) electrons. The van der Waals surface area contributed by atoms with E-state index in [0.717, 1.165) is 18.0 Å². The number of hydrogen-bond donors (Lipinski definition) is 0. The number of piperazine rings is 1. The van der Waals surface area contributed by atoms with Crippen LogP contribution in [-0.4, -0.2) is 81.0 Å². The van der Waals surface area contributed by atoms with Crippen molar-refractivity contribution in [1.29, 1.82) is 0 Å². The Balaban J connectivity index is 1.48. The molecule has 0 N–H and O–H groups in total. The highest BCUT2D eigenvalue weighted by Gasteiger charge is 2.30. The summed E-state index contributed by atoms with van der Waals surface area (Å²) in [5.41, 5.74) is -0.243. The van der Waals surface area contributed by atoms with Gasteiger partial charge in [0.2, 0.25) is 10.0 Å². The fraction of sp³-hybridized carbons (Fsp3) is 0.400. The van der Waals surface area contributed by atoms with E-state index in [4.69, 9.17) is 16.3 Å². The molecule has 1 aromatic heterocycles. The van der Waals surface area contributed by atoms with E-state index in [1.54, 1.807) is 18.3 Å². The Hall–Kier alpha value is -2.27. The van der Waals surface area contributed by atoms with Crippen molar-refractivity contribution < 1.29 is 22.3 Å². The first-order valence-corrected chi connectivity index (χ1v) is 11.7. The Kier molecular flexibility index (Phi) is 6.42. The van der Waals surface area contributed by atoms with Gasteiger partial charge < -0.3 is 14.5 Å². The average Bonchev–Trinajstić information content (AvgIpc) is 2.80. The molecule has 11 heteroatoms. The highest BCUT2D eigenvalue weighted by Crippen LogP contribution is 2.22. The van der Waals surface area contributed by atoms with Gasteiger partial charge in [0, 0.05) is 45.5 Å². The first-order chi connectivity index (χ1) is 14.9. The lowest BCUT2D eigenvalue weighted by molar-refractivity contribution is 0.0728. The fourth-order valence-electron chi connectivity index (χ4n) is 3.63. The normalized spacial score (nSPS) is 18.3. The van der Waals surface area contributed by atoms with E-state index < -0.39 is 21.7 Å². The van der Waals surface area contributed by atoms with Gasteiger partial charge in [-0.25, -0.2) is 17.8 Å². The van der Waals surface area contributed by atoms with Crippen molar-refractivity contribution in [3.8, 4) is 0 Å². The minimum absolute atomic E-state index is 0.0943. The lowest BCUT2D eigenvalue weighted by Crippen LogP contribution is -2.49. The molecular weight excluding hydrogens is 447 g/mol. The summed E-state index contributed by atoms with van der Waals surface area (Å²) in [7, 11) is -3.83. The third-order valence-corrected chi connectivity index (χ3v) is 7.50. The van der Waals surface area contributed by atoms with E-state index in [2.05, 4.69) is 4.98 Å². The van der Waals surface area contributed by atoms with Crippen molar-refractivity contribution in [2.75, 3.05) is 57.4 Å². The summed E-state index contributed by atoms with van der Waals surface area (Å²) in [5.74, 6) is -0.519. The zero-order chi connectivity index (χ0) is 22.0. The molecular formula is C20H22ClFN4O4S. The number of morpholine rings is 1. The predicted octanol–water partition coefficient (Wildman–Crippen LogP) is 1.86. The summed E-state index contributed by atoms with van der Waals surface area (Å²) < 4.78 is 46.7. The lowest BCUT2D eigenvalue weighted by atomic mass is 10.1. The van der Waals surface area contributed by atoms with Gasteiger partial charge in [0.25, 0.3) is 5.91 Å². The molecule has 31 heavy (non-hydrogen) atoms. The number of amides is 1. The molecule has 0 aliphatic carbocycles. The van der Waals surface area contributed by atoms with Crippen LogP contribution in [0.25, 0.3) is 0 Å². The first-order valence-electron chi connectivity index (χ1n) is 9.89. The van der Waals surface area contributed by atoms with E-state index >= 15 is 0 Å². The van der Waals surface area contributed by atoms with Gasteiger partial charge in [0.1, 0.15) is 11.6 Å². The van der Waals surface area contributed by atoms with Crippen LogP contribution in [0.3, 0.4) is 0 Å². The van der Waals surface area contributed by atoms with Crippen LogP contribution in [0.1, 0.15) is 10.4 Å². The molecule has 8 nitrogen and oxygen atoms in total. The van der Waals surface area contributed by atoms with Gasteiger partial charge >= 0.3 is 0 Å². The van der Waals surface area contributed by atoms with Crippen LogP contribution in [0.15, 0.2) is 41.4 Å². The Labute approximate surface area is 185 Å². The zero-order valence-corrected chi connectivity index (χ0v) is 18.3. The van der Waals surface area contributed by atoms with Crippen molar-refractivity contribution in [2.24, 2.45) is 0 Å². The molecule has 0 unspecified atom stereocenters. The first kappa shape index (κ1) is 21.9. The number of pyridine rings is 1. The van der Waals surface area contributed by atoms with E-state index in [1.165, 1.54) is 15.3 Å². The Bertz CT molecular complexity index is 1050. The molecule has 0 atom stereocenters. The highest BCUT2D eigenvalue weighted by molar-refractivity contribution is 7.89. The van der Waals surface area contributed by atoms with Gasteiger partial charge in [-0.3, -0.25) is 4.79 Å². The van der Waals surface area contributed by atoms with Gasteiger partial charge in [0.05, 0.1) is 28.7 Å². The van der Waals surface area contributed by atoms with Gasteiger partial charge in [0.15, 0.2) is 0 Å². The number of hydrogen-bond acceptors (Lipinski definition) is 6. The monoisotopic (exact) mass is 468 g/mol. The number of benzene rings is 1. The number of carbonyl (C=O) groups is 1. The molecule has 2 saturated heterocycles. The Morgan fingerprint density at radius 2 is 1.74 bits per heavy atom. The smallest absolute Gasteiger partial charge is 0.256 e. The molecule has 2 aliphatic heterocycles. The van der Waals surface area contributed by atoms with Crippen molar-refractivity contribution in [2.45, 2.75) is 4.90 Å². The van der Waals surface area contributed by atoms with Crippen LogP contribution < -0.4 is 4.90 Å². The average molecular weight is 469 g/mol. The number of ether oxygens (including phenoxy) is 1. The minimum atomic E-state index is -3.83. The predicted molar refractivity (Wildman–Crippen MR) is 113 cm³/mol. The summed E-state index contributed by atoms with van der Waals surface area (Å²) in [4.78, 5) is 20.7. The second-order valence-electron chi connectivity index (χ2n) is 7.27. The number of aromatic nitrogens is 1. The summed E-state index contributed by atoms with van der Waals surface area (Å²) in [6.07, 6.45) is 1.56. The molecule has 2 aliphatic rings. The number of sulfonamides is 1. The third-order valence-electron chi connectivity index (χ3n) is 5.38. The van der Waals surface area contributed by atoms with Crippen molar-refractivity contribution in [3.63, 3.8) is 0 Å². The Morgan fingerprint density at radius 1 is 1.03 bits per heavy atom. The van der Waals surface area contributed by atoms with Crippen molar-refractivity contribution >= 4 is 33.3 Å².